The second kappa shape index (κ2) is 4.00. The van der Waals surface area contributed by atoms with Crippen molar-refractivity contribution in [2.75, 3.05) is 7.11 Å². The van der Waals surface area contributed by atoms with Crippen LogP contribution in [0.15, 0.2) is 35.3 Å². The second-order valence-corrected chi connectivity index (χ2v) is 2.75. The molecular formula is C10H15NO. The maximum atomic E-state index is 5.66. The lowest BCUT2D eigenvalue weighted by molar-refractivity contribution is 0.280. The summed E-state index contributed by atoms with van der Waals surface area (Å²) in [6, 6.07) is 0. The first kappa shape index (κ1) is 8.91. The first-order valence-electron chi connectivity index (χ1n) is 4.17. The lowest BCUT2D eigenvalue weighted by Crippen LogP contribution is -1.92. The van der Waals surface area contributed by atoms with Crippen LogP contribution in [0.4, 0.5) is 0 Å². The van der Waals surface area contributed by atoms with Crippen molar-refractivity contribution in [2.24, 2.45) is 5.73 Å². The van der Waals surface area contributed by atoms with E-state index in [1.807, 2.05) is 18.2 Å². The van der Waals surface area contributed by atoms with E-state index in [1.165, 1.54) is 5.57 Å². The minimum absolute atomic E-state index is 0.804. The molecule has 1 aliphatic rings. The predicted octanol–water partition coefficient (Wildman–Crippen LogP) is 2.10. The van der Waals surface area contributed by atoms with Crippen LogP contribution in [0, 0.1) is 0 Å². The van der Waals surface area contributed by atoms with Crippen molar-refractivity contribution in [1.29, 1.82) is 0 Å². The predicted molar refractivity (Wildman–Crippen MR) is 50.4 cm³/mol. The Labute approximate surface area is 73.4 Å². The highest BCUT2D eigenvalue weighted by molar-refractivity contribution is 5.33. The normalized spacial score (nSPS) is 17.3. The van der Waals surface area contributed by atoms with Crippen molar-refractivity contribution < 1.29 is 4.74 Å². The number of rotatable bonds is 2. The van der Waals surface area contributed by atoms with E-state index in [2.05, 4.69) is 6.92 Å². The Hall–Kier alpha value is -1.18. The van der Waals surface area contributed by atoms with Gasteiger partial charge in [0, 0.05) is 12.1 Å². The molecule has 0 amide bonds. The molecule has 0 spiro atoms. The van der Waals surface area contributed by atoms with Crippen molar-refractivity contribution in [3.05, 3.63) is 35.3 Å². The van der Waals surface area contributed by atoms with Crippen LogP contribution in [0.25, 0.3) is 0 Å². The van der Waals surface area contributed by atoms with E-state index >= 15 is 0 Å². The highest BCUT2D eigenvalue weighted by atomic mass is 16.5. The molecule has 12 heavy (non-hydrogen) atoms. The van der Waals surface area contributed by atoms with E-state index in [0.29, 0.717) is 0 Å². The molecular weight excluding hydrogens is 150 g/mol. The smallest absolute Gasteiger partial charge is 0.103 e. The molecule has 0 saturated heterocycles. The number of hydrogen-bond acceptors (Lipinski definition) is 2. The zero-order chi connectivity index (χ0) is 8.97. The highest BCUT2D eigenvalue weighted by Gasteiger charge is 2.04. The minimum Gasteiger partial charge on any atom is -0.500 e. The van der Waals surface area contributed by atoms with Gasteiger partial charge in [-0.15, -0.1) is 0 Å². The van der Waals surface area contributed by atoms with Gasteiger partial charge in [0.1, 0.15) is 5.76 Å². The number of ether oxygens (including phenoxy) is 1. The van der Waals surface area contributed by atoms with Gasteiger partial charge in [-0.05, 0) is 18.1 Å². The van der Waals surface area contributed by atoms with Gasteiger partial charge in [0.15, 0.2) is 0 Å². The third-order valence-corrected chi connectivity index (χ3v) is 1.99. The lowest BCUT2D eigenvalue weighted by Gasteiger charge is -2.06. The quantitative estimate of drug-likeness (QED) is 0.680. The summed E-state index contributed by atoms with van der Waals surface area (Å²) in [6.45, 7) is 2.11. The number of allylic oxidation sites excluding steroid dienone is 4. The summed E-state index contributed by atoms with van der Waals surface area (Å²) in [5, 5.41) is 0. The molecule has 0 aliphatic heterocycles. The molecule has 0 aromatic carbocycles. The van der Waals surface area contributed by atoms with Crippen molar-refractivity contribution in [2.45, 2.75) is 19.8 Å². The number of hydrogen-bond donors (Lipinski definition) is 1. The first-order valence-corrected chi connectivity index (χ1v) is 4.17. The van der Waals surface area contributed by atoms with Crippen LogP contribution in [-0.2, 0) is 4.74 Å². The van der Waals surface area contributed by atoms with Crippen LogP contribution in [-0.4, -0.2) is 7.11 Å². The molecule has 0 aromatic rings. The fourth-order valence-corrected chi connectivity index (χ4v) is 1.23. The standard InChI is InChI=1S/C10H15NO/c1-3-8-4-5-9(11)6-7-10(8)12-2/h4-6H,3,7,11H2,1-2H3. The van der Waals surface area contributed by atoms with E-state index in [9.17, 15) is 0 Å². The van der Waals surface area contributed by atoms with Crippen LogP contribution in [0.1, 0.15) is 19.8 Å². The third kappa shape index (κ3) is 1.91. The summed E-state index contributed by atoms with van der Waals surface area (Å²) in [5.74, 6) is 1.02. The monoisotopic (exact) mass is 165 g/mol. The van der Waals surface area contributed by atoms with Gasteiger partial charge in [0.05, 0.1) is 7.11 Å². The average Bonchev–Trinajstić information content (AvgIpc) is 2.27. The van der Waals surface area contributed by atoms with Crippen molar-refractivity contribution >= 4 is 0 Å². The molecule has 2 nitrogen and oxygen atoms in total. The van der Waals surface area contributed by atoms with Gasteiger partial charge in [0.25, 0.3) is 0 Å². The summed E-state index contributed by atoms with van der Waals surface area (Å²) in [7, 11) is 1.70. The van der Waals surface area contributed by atoms with Gasteiger partial charge in [-0.25, -0.2) is 0 Å². The molecule has 0 saturated carbocycles. The lowest BCUT2D eigenvalue weighted by atomic mass is 10.1. The van der Waals surface area contributed by atoms with Gasteiger partial charge >= 0.3 is 0 Å². The van der Waals surface area contributed by atoms with Gasteiger partial charge in [0.2, 0.25) is 0 Å². The van der Waals surface area contributed by atoms with E-state index in [1.54, 1.807) is 7.11 Å². The molecule has 0 unspecified atom stereocenters. The zero-order valence-corrected chi connectivity index (χ0v) is 7.63. The number of methoxy groups -OCH3 is 1. The molecule has 1 rings (SSSR count). The summed E-state index contributed by atoms with van der Waals surface area (Å²) in [5.41, 5.74) is 7.70. The van der Waals surface area contributed by atoms with Gasteiger partial charge < -0.3 is 10.5 Å². The maximum absolute atomic E-state index is 5.66. The fraction of sp³-hybridized carbons (Fsp3) is 0.400. The fourth-order valence-electron chi connectivity index (χ4n) is 1.23. The highest BCUT2D eigenvalue weighted by Crippen LogP contribution is 2.18. The first-order chi connectivity index (χ1) is 5.77. The molecule has 0 bridgehead atoms. The average molecular weight is 165 g/mol. The Morgan fingerprint density at radius 3 is 2.83 bits per heavy atom. The summed E-state index contributed by atoms with van der Waals surface area (Å²) >= 11 is 0. The van der Waals surface area contributed by atoms with Gasteiger partial charge in [-0.1, -0.05) is 19.1 Å². The Kier molecular flexibility index (Phi) is 2.97. The molecule has 0 aromatic heterocycles. The molecule has 0 heterocycles. The number of nitrogens with two attached hydrogens (primary N) is 1. The molecule has 2 heteroatoms. The Morgan fingerprint density at radius 1 is 1.50 bits per heavy atom. The molecule has 0 fully saturated rings. The largest absolute Gasteiger partial charge is 0.500 e. The second-order valence-electron chi connectivity index (χ2n) is 2.75. The van der Waals surface area contributed by atoms with Crippen LogP contribution < -0.4 is 5.73 Å². The Bertz CT molecular complexity index is 249. The van der Waals surface area contributed by atoms with E-state index < -0.39 is 0 Å². The topological polar surface area (TPSA) is 35.2 Å². The van der Waals surface area contributed by atoms with Gasteiger partial charge in [-0.3, -0.25) is 0 Å². The third-order valence-electron chi connectivity index (χ3n) is 1.99. The van der Waals surface area contributed by atoms with Crippen LogP contribution in [0.2, 0.25) is 0 Å². The molecule has 0 radical (unpaired) electrons. The summed E-state index contributed by atoms with van der Waals surface area (Å²) < 4.78 is 5.25. The van der Waals surface area contributed by atoms with E-state index in [-0.39, 0.29) is 0 Å². The van der Waals surface area contributed by atoms with Crippen LogP contribution >= 0.6 is 0 Å². The van der Waals surface area contributed by atoms with Crippen molar-refractivity contribution in [3.8, 4) is 0 Å². The van der Waals surface area contributed by atoms with Crippen molar-refractivity contribution in [3.63, 3.8) is 0 Å². The van der Waals surface area contributed by atoms with Crippen LogP contribution in [0.3, 0.4) is 0 Å². The molecule has 2 N–H and O–H groups in total. The van der Waals surface area contributed by atoms with Gasteiger partial charge in [-0.2, -0.15) is 0 Å². The summed E-state index contributed by atoms with van der Waals surface area (Å²) in [4.78, 5) is 0. The molecule has 1 aliphatic carbocycles. The van der Waals surface area contributed by atoms with E-state index in [4.69, 9.17) is 10.5 Å². The maximum Gasteiger partial charge on any atom is 0.103 e. The zero-order valence-electron chi connectivity index (χ0n) is 7.63. The SMILES string of the molecule is CCC1=C(OC)CC=C(N)C=C1. The molecule has 0 atom stereocenters. The van der Waals surface area contributed by atoms with Crippen molar-refractivity contribution in [1.82, 2.24) is 0 Å². The Balaban J connectivity index is 2.89. The van der Waals surface area contributed by atoms with Crippen LogP contribution in [0.5, 0.6) is 0 Å². The minimum atomic E-state index is 0.804. The summed E-state index contributed by atoms with van der Waals surface area (Å²) in [6.07, 6.45) is 7.71. The van der Waals surface area contributed by atoms with E-state index in [0.717, 1.165) is 24.3 Å². The Morgan fingerprint density at radius 2 is 2.25 bits per heavy atom. The molecule has 66 valence electrons.